The summed E-state index contributed by atoms with van der Waals surface area (Å²) in [4.78, 5) is 10.3. The van der Waals surface area contributed by atoms with Crippen LogP contribution < -0.4 is 5.09 Å². The Morgan fingerprint density at radius 2 is 2.08 bits per heavy atom. The number of carboxylic acid groups (broad SMARTS) is 1. The standard InChI is InChI=1S/C6H12NO4P/c1-4(2)12(11)7-5(3-8)6(9)10/h4-5,8H,3H2,1-2H3,(H-,7,9,10,11)/p+1. The highest BCUT2D eigenvalue weighted by molar-refractivity contribution is 7.43. The Morgan fingerprint density at radius 1 is 1.58 bits per heavy atom. The van der Waals surface area contributed by atoms with Crippen LogP contribution in [0.1, 0.15) is 13.8 Å². The molecule has 0 fully saturated rings. The van der Waals surface area contributed by atoms with E-state index in [-0.39, 0.29) is 5.66 Å². The zero-order valence-electron chi connectivity index (χ0n) is 7.02. The second-order valence-electron chi connectivity index (χ2n) is 2.62. The predicted octanol–water partition coefficient (Wildman–Crippen LogP) is 0.172. The summed E-state index contributed by atoms with van der Waals surface area (Å²) in [6.45, 7) is 2.87. The quantitative estimate of drug-likeness (QED) is 0.543. The zero-order valence-corrected chi connectivity index (χ0v) is 7.91. The molecule has 5 nitrogen and oxygen atoms in total. The molecule has 0 aliphatic heterocycles. The fourth-order valence-corrected chi connectivity index (χ4v) is 1.27. The van der Waals surface area contributed by atoms with Crippen LogP contribution in [0.3, 0.4) is 0 Å². The van der Waals surface area contributed by atoms with E-state index in [1.54, 1.807) is 13.8 Å². The Hall–Kier alpha value is -0.510. The number of carboxylic acids is 1. The van der Waals surface area contributed by atoms with Gasteiger partial charge >= 0.3 is 13.9 Å². The van der Waals surface area contributed by atoms with Crippen LogP contribution in [0.2, 0.25) is 0 Å². The third-order valence-corrected chi connectivity index (χ3v) is 2.74. The number of rotatable bonds is 5. The number of carbonyl (C=O) groups is 1. The normalized spacial score (nSPS) is 14.5. The van der Waals surface area contributed by atoms with Crippen molar-refractivity contribution < 1.29 is 19.6 Å². The van der Waals surface area contributed by atoms with Gasteiger partial charge in [-0.25, -0.2) is 0 Å². The summed E-state index contributed by atoms with van der Waals surface area (Å²) in [5.74, 6) is -1.19. The Labute approximate surface area is 71.6 Å². The summed E-state index contributed by atoms with van der Waals surface area (Å²) >= 11 is 0. The van der Waals surface area contributed by atoms with E-state index < -0.39 is 26.6 Å². The molecule has 0 aromatic heterocycles. The third kappa shape index (κ3) is 3.76. The van der Waals surface area contributed by atoms with Gasteiger partial charge < -0.3 is 10.2 Å². The van der Waals surface area contributed by atoms with Gasteiger partial charge in [0.2, 0.25) is 0 Å². The van der Waals surface area contributed by atoms with E-state index >= 15 is 0 Å². The molecule has 0 aromatic rings. The molecule has 70 valence electrons. The highest BCUT2D eigenvalue weighted by atomic mass is 31.1. The van der Waals surface area contributed by atoms with Crippen molar-refractivity contribution in [1.82, 2.24) is 5.09 Å². The van der Waals surface area contributed by atoms with Crippen molar-refractivity contribution in [3.05, 3.63) is 0 Å². The summed E-state index contributed by atoms with van der Waals surface area (Å²) in [6, 6.07) is -1.13. The lowest BCUT2D eigenvalue weighted by Crippen LogP contribution is -2.36. The summed E-state index contributed by atoms with van der Waals surface area (Å²) in [5.41, 5.74) is -0.131. The lowest BCUT2D eigenvalue weighted by molar-refractivity contribution is -0.139. The molecule has 12 heavy (non-hydrogen) atoms. The van der Waals surface area contributed by atoms with Crippen molar-refractivity contribution in [3.63, 3.8) is 0 Å². The molecule has 0 radical (unpaired) electrons. The first-order valence-electron chi connectivity index (χ1n) is 3.55. The van der Waals surface area contributed by atoms with Gasteiger partial charge in [-0.15, -0.1) is 0 Å². The molecule has 0 amide bonds. The second-order valence-corrected chi connectivity index (χ2v) is 4.56. The van der Waals surface area contributed by atoms with Gasteiger partial charge in [0, 0.05) is 0 Å². The maximum atomic E-state index is 11.1. The molecule has 0 saturated carbocycles. The molecule has 0 aliphatic carbocycles. The fraction of sp³-hybridized carbons (Fsp3) is 0.833. The summed E-state index contributed by atoms with van der Waals surface area (Å²) < 4.78 is 11.1. The van der Waals surface area contributed by atoms with E-state index in [1.807, 2.05) is 0 Å². The highest BCUT2D eigenvalue weighted by Gasteiger charge is 2.29. The zero-order chi connectivity index (χ0) is 9.72. The molecule has 3 N–H and O–H groups in total. The van der Waals surface area contributed by atoms with Crippen LogP contribution in [0.25, 0.3) is 0 Å². The average Bonchev–Trinajstić information content (AvgIpc) is 1.98. The largest absolute Gasteiger partial charge is 0.480 e. The fourth-order valence-electron chi connectivity index (χ4n) is 0.477. The number of nitrogens with one attached hydrogen (secondary N) is 1. The third-order valence-electron chi connectivity index (χ3n) is 1.23. The van der Waals surface area contributed by atoms with Gasteiger partial charge in [-0.3, -0.25) is 4.79 Å². The maximum absolute atomic E-state index is 11.1. The minimum absolute atomic E-state index is 0.131. The molecule has 0 aromatic carbocycles. The Bertz CT molecular complexity index is 182. The molecule has 0 saturated heterocycles. The lowest BCUT2D eigenvalue weighted by Gasteiger charge is -2.03. The Kier molecular flexibility index (Phi) is 4.97. The molecule has 2 atom stereocenters. The minimum atomic E-state index is -1.76. The molecule has 6 heteroatoms. The molecule has 0 spiro atoms. The summed E-state index contributed by atoms with van der Waals surface area (Å²) in [5, 5.41) is 19.3. The first-order valence-corrected chi connectivity index (χ1v) is 4.88. The van der Waals surface area contributed by atoms with E-state index in [4.69, 9.17) is 10.2 Å². The first-order chi connectivity index (χ1) is 5.49. The van der Waals surface area contributed by atoms with Crippen LogP contribution in [0.15, 0.2) is 0 Å². The van der Waals surface area contributed by atoms with Crippen LogP contribution >= 0.6 is 7.95 Å². The highest BCUT2D eigenvalue weighted by Crippen LogP contribution is 2.22. The van der Waals surface area contributed by atoms with E-state index in [9.17, 15) is 9.36 Å². The van der Waals surface area contributed by atoms with Gasteiger partial charge in [0.15, 0.2) is 11.7 Å². The molecule has 0 bridgehead atoms. The van der Waals surface area contributed by atoms with E-state index in [0.29, 0.717) is 0 Å². The molecule has 0 heterocycles. The number of hydrogen-bond acceptors (Lipinski definition) is 3. The van der Waals surface area contributed by atoms with Crippen molar-refractivity contribution in [1.29, 1.82) is 0 Å². The monoisotopic (exact) mass is 194 g/mol. The molecule has 2 unspecified atom stereocenters. The number of aliphatic hydroxyl groups is 1. The Morgan fingerprint density at radius 3 is 2.33 bits per heavy atom. The van der Waals surface area contributed by atoms with Crippen LogP contribution in [0.5, 0.6) is 0 Å². The minimum Gasteiger partial charge on any atom is -0.480 e. The van der Waals surface area contributed by atoms with Crippen molar-refractivity contribution in [2.45, 2.75) is 25.5 Å². The topological polar surface area (TPSA) is 86.6 Å². The van der Waals surface area contributed by atoms with E-state index in [0.717, 1.165) is 0 Å². The maximum Gasteiger partial charge on any atom is 0.435 e. The van der Waals surface area contributed by atoms with Gasteiger partial charge in [0.05, 0.1) is 6.61 Å². The number of hydrogen-bond donors (Lipinski definition) is 3. The lowest BCUT2D eigenvalue weighted by atomic mass is 10.3. The summed E-state index contributed by atoms with van der Waals surface area (Å²) in [7, 11) is -1.76. The van der Waals surface area contributed by atoms with Crippen molar-refractivity contribution in [2.75, 3.05) is 6.61 Å². The van der Waals surface area contributed by atoms with Gasteiger partial charge in [0.25, 0.3) is 0 Å². The van der Waals surface area contributed by atoms with E-state index in [2.05, 4.69) is 5.09 Å². The van der Waals surface area contributed by atoms with Crippen molar-refractivity contribution in [3.8, 4) is 0 Å². The van der Waals surface area contributed by atoms with Gasteiger partial charge in [-0.2, -0.15) is 0 Å². The number of aliphatic carboxylic acids is 1. The SMILES string of the molecule is CC(C)[P+](=O)NC(CO)C(=O)O. The van der Waals surface area contributed by atoms with Gasteiger partial charge in [-0.05, 0) is 13.8 Å². The summed E-state index contributed by atoms with van der Waals surface area (Å²) in [6.07, 6.45) is 0. The van der Waals surface area contributed by atoms with Crippen molar-refractivity contribution in [2.24, 2.45) is 0 Å². The average molecular weight is 194 g/mol. The molecular weight excluding hydrogens is 181 g/mol. The van der Waals surface area contributed by atoms with Crippen LogP contribution in [-0.4, -0.2) is 34.5 Å². The van der Waals surface area contributed by atoms with Crippen molar-refractivity contribution >= 4 is 13.9 Å². The molecule has 0 aliphatic rings. The van der Waals surface area contributed by atoms with Crippen LogP contribution in [-0.2, 0) is 9.36 Å². The van der Waals surface area contributed by atoms with Gasteiger partial charge in [-0.1, -0.05) is 9.65 Å². The molecule has 0 rings (SSSR count). The molecular formula is C6H13NO4P+. The predicted molar refractivity (Wildman–Crippen MR) is 44.4 cm³/mol. The smallest absolute Gasteiger partial charge is 0.435 e. The van der Waals surface area contributed by atoms with E-state index in [1.165, 1.54) is 0 Å². The van der Waals surface area contributed by atoms with Crippen LogP contribution in [0.4, 0.5) is 0 Å². The van der Waals surface area contributed by atoms with Crippen LogP contribution in [0, 0.1) is 0 Å². The second kappa shape index (κ2) is 5.19. The van der Waals surface area contributed by atoms with Gasteiger partial charge in [0.1, 0.15) is 0 Å². The Balaban J connectivity index is 4.03. The number of aliphatic hydroxyl groups excluding tert-OH is 1. The first kappa shape index (κ1) is 11.5.